The summed E-state index contributed by atoms with van der Waals surface area (Å²) in [7, 11) is 1.60. The summed E-state index contributed by atoms with van der Waals surface area (Å²) >= 11 is 0. The van der Waals surface area contributed by atoms with Crippen molar-refractivity contribution in [3.8, 4) is 0 Å². The molecule has 5 heteroatoms. The lowest BCUT2D eigenvalue weighted by Gasteiger charge is -2.31. The molecular weight excluding hydrogens is 294 g/mol. The molecule has 2 N–H and O–H groups in total. The van der Waals surface area contributed by atoms with Gasteiger partial charge in [0.05, 0.1) is 0 Å². The van der Waals surface area contributed by atoms with Crippen molar-refractivity contribution in [2.45, 2.75) is 18.9 Å². The van der Waals surface area contributed by atoms with Gasteiger partial charge in [0, 0.05) is 12.7 Å². The zero-order chi connectivity index (χ0) is 17.0. The van der Waals surface area contributed by atoms with Crippen LogP contribution in [0.25, 0.3) is 0 Å². The van der Waals surface area contributed by atoms with Crippen molar-refractivity contribution in [3.05, 3.63) is 65.7 Å². The quantitative estimate of drug-likeness (QED) is 0.857. The van der Waals surface area contributed by atoms with Crippen molar-refractivity contribution in [3.63, 3.8) is 0 Å². The molecule has 0 aromatic heterocycles. The lowest BCUT2D eigenvalue weighted by molar-refractivity contribution is -0.146. The Hall–Kier alpha value is -2.82. The van der Waals surface area contributed by atoms with Crippen LogP contribution in [-0.4, -0.2) is 35.2 Å². The molecule has 0 heterocycles. The highest BCUT2D eigenvalue weighted by Crippen LogP contribution is 2.27. The van der Waals surface area contributed by atoms with Gasteiger partial charge < -0.3 is 15.1 Å². The molecule has 2 rings (SSSR count). The third-order valence-corrected chi connectivity index (χ3v) is 3.85. The van der Waals surface area contributed by atoms with E-state index in [1.807, 2.05) is 19.1 Å². The minimum absolute atomic E-state index is 0.464. The van der Waals surface area contributed by atoms with Crippen molar-refractivity contribution in [1.29, 1.82) is 0 Å². The second-order valence-electron chi connectivity index (χ2n) is 5.46. The van der Waals surface area contributed by atoms with E-state index in [-0.39, 0.29) is 0 Å². The normalized spacial score (nSPS) is 13.1. The maximum absolute atomic E-state index is 11.8. The van der Waals surface area contributed by atoms with Gasteiger partial charge in [0.2, 0.25) is 0 Å². The molecule has 0 fully saturated rings. The minimum atomic E-state index is -1.21. The van der Waals surface area contributed by atoms with Gasteiger partial charge in [0.25, 0.3) is 0 Å². The molecular formula is C18H19NO4. The number of carboxylic acids is 2. The summed E-state index contributed by atoms with van der Waals surface area (Å²) in [6.45, 7) is 1.93. The van der Waals surface area contributed by atoms with E-state index in [9.17, 15) is 19.8 Å². The third kappa shape index (κ3) is 3.69. The fourth-order valence-electron chi connectivity index (χ4n) is 2.59. The second kappa shape index (κ2) is 6.96. The Balaban J connectivity index is 2.44. The number of hydrogen-bond acceptors (Lipinski definition) is 3. The van der Waals surface area contributed by atoms with Crippen LogP contribution >= 0.6 is 0 Å². The summed E-state index contributed by atoms with van der Waals surface area (Å²) in [5.74, 6) is -3.51. The Morgan fingerprint density at radius 2 is 1.48 bits per heavy atom. The molecule has 0 aliphatic heterocycles. The van der Waals surface area contributed by atoms with Crippen LogP contribution in [0.2, 0.25) is 0 Å². The van der Waals surface area contributed by atoms with Crippen LogP contribution < -0.4 is 4.90 Å². The van der Waals surface area contributed by atoms with Crippen molar-refractivity contribution in [2.75, 3.05) is 11.9 Å². The van der Waals surface area contributed by atoms with E-state index in [0.29, 0.717) is 11.3 Å². The van der Waals surface area contributed by atoms with E-state index in [1.165, 1.54) is 4.90 Å². The first-order valence-corrected chi connectivity index (χ1v) is 7.22. The predicted molar refractivity (Wildman–Crippen MR) is 87.8 cm³/mol. The minimum Gasteiger partial charge on any atom is -0.481 e. The van der Waals surface area contributed by atoms with Crippen LogP contribution in [0.3, 0.4) is 0 Å². The van der Waals surface area contributed by atoms with Gasteiger partial charge in [0.1, 0.15) is 12.0 Å². The Labute approximate surface area is 134 Å². The molecule has 0 aliphatic carbocycles. The molecule has 0 saturated heterocycles. The fourth-order valence-corrected chi connectivity index (χ4v) is 2.59. The second-order valence-corrected chi connectivity index (χ2v) is 5.46. The van der Waals surface area contributed by atoms with Gasteiger partial charge in [-0.25, -0.2) is 4.79 Å². The lowest BCUT2D eigenvalue weighted by atomic mass is 9.90. The first kappa shape index (κ1) is 16.5. The molecule has 2 atom stereocenters. The van der Waals surface area contributed by atoms with E-state index in [0.717, 1.165) is 5.56 Å². The van der Waals surface area contributed by atoms with Gasteiger partial charge in [-0.1, -0.05) is 48.0 Å². The number of nitrogens with zero attached hydrogens (tertiary/aromatic N) is 1. The lowest BCUT2D eigenvalue weighted by Crippen LogP contribution is -2.46. The van der Waals surface area contributed by atoms with Crippen molar-refractivity contribution in [2.24, 2.45) is 0 Å². The summed E-state index contributed by atoms with van der Waals surface area (Å²) < 4.78 is 0. The van der Waals surface area contributed by atoms with Crippen molar-refractivity contribution >= 4 is 17.6 Å². The van der Waals surface area contributed by atoms with Crippen LogP contribution in [0.5, 0.6) is 0 Å². The molecule has 5 nitrogen and oxygen atoms in total. The molecule has 2 unspecified atom stereocenters. The van der Waals surface area contributed by atoms with Gasteiger partial charge >= 0.3 is 11.9 Å². The average molecular weight is 313 g/mol. The maximum Gasteiger partial charge on any atom is 0.327 e. The monoisotopic (exact) mass is 313 g/mol. The van der Waals surface area contributed by atoms with Gasteiger partial charge in [-0.05, 0) is 24.6 Å². The highest BCUT2D eigenvalue weighted by Gasteiger charge is 2.38. The number of carbonyl (C=O) groups is 2. The Bertz CT molecular complexity index is 682. The molecule has 0 aliphatic rings. The zero-order valence-corrected chi connectivity index (χ0v) is 13.0. The van der Waals surface area contributed by atoms with Crippen LogP contribution in [0, 0.1) is 6.92 Å². The van der Waals surface area contributed by atoms with Crippen LogP contribution in [-0.2, 0) is 9.59 Å². The van der Waals surface area contributed by atoms with Crippen molar-refractivity contribution < 1.29 is 19.8 Å². The van der Waals surface area contributed by atoms with E-state index in [4.69, 9.17) is 0 Å². The van der Waals surface area contributed by atoms with Crippen LogP contribution in [0.4, 0.5) is 5.69 Å². The molecule has 2 aromatic carbocycles. The van der Waals surface area contributed by atoms with Gasteiger partial charge in [-0.15, -0.1) is 0 Å². The fraction of sp³-hybridized carbons (Fsp3) is 0.222. The Morgan fingerprint density at radius 3 is 1.96 bits per heavy atom. The highest BCUT2D eigenvalue weighted by molar-refractivity contribution is 5.89. The summed E-state index contributed by atoms with van der Waals surface area (Å²) in [6.07, 6.45) is 0. The third-order valence-electron chi connectivity index (χ3n) is 3.85. The van der Waals surface area contributed by atoms with Gasteiger partial charge in [-0.3, -0.25) is 4.79 Å². The van der Waals surface area contributed by atoms with Crippen LogP contribution in [0.1, 0.15) is 17.0 Å². The van der Waals surface area contributed by atoms with Gasteiger partial charge in [0.15, 0.2) is 0 Å². The number of anilines is 1. The standard InChI is InChI=1S/C18H19NO4/c1-12-8-10-14(11-9-12)19(2)16(18(22)23)15(17(20)21)13-6-4-3-5-7-13/h3-11,15-16H,1-2H3,(H,20,21)(H,22,23). The maximum atomic E-state index is 11.8. The highest BCUT2D eigenvalue weighted by atomic mass is 16.4. The average Bonchev–Trinajstić information content (AvgIpc) is 2.52. The smallest absolute Gasteiger partial charge is 0.327 e. The first-order valence-electron chi connectivity index (χ1n) is 7.22. The number of aliphatic carboxylic acids is 2. The molecule has 0 bridgehead atoms. The SMILES string of the molecule is Cc1ccc(N(C)C(C(=O)O)C(C(=O)O)c2ccccc2)cc1. The Morgan fingerprint density at radius 1 is 0.913 bits per heavy atom. The number of carboxylic acid groups (broad SMARTS) is 2. The van der Waals surface area contributed by atoms with E-state index < -0.39 is 23.9 Å². The first-order chi connectivity index (χ1) is 10.9. The van der Waals surface area contributed by atoms with E-state index in [2.05, 4.69) is 0 Å². The van der Waals surface area contributed by atoms with Crippen molar-refractivity contribution in [1.82, 2.24) is 0 Å². The number of likely N-dealkylation sites (N-methyl/N-ethyl adjacent to an activating group) is 1. The Kier molecular flexibility index (Phi) is 5.01. The number of aryl methyl sites for hydroxylation is 1. The number of rotatable bonds is 6. The molecule has 0 amide bonds. The van der Waals surface area contributed by atoms with Gasteiger partial charge in [-0.2, -0.15) is 0 Å². The summed E-state index contributed by atoms with van der Waals surface area (Å²) in [4.78, 5) is 25.0. The predicted octanol–water partition coefficient (Wildman–Crippen LogP) is 2.75. The number of hydrogen-bond donors (Lipinski definition) is 2. The summed E-state index contributed by atoms with van der Waals surface area (Å²) in [6, 6.07) is 14.5. The summed E-state index contributed by atoms with van der Waals surface area (Å²) in [5.41, 5.74) is 2.17. The molecule has 23 heavy (non-hydrogen) atoms. The van der Waals surface area contributed by atoms with E-state index in [1.54, 1.807) is 49.5 Å². The zero-order valence-electron chi connectivity index (χ0n) is 13.0. The molecule has 0 spiro atoms. The largest absolute Gasteiger partial charge is 0.481 e. The van der Waals surface area contributed by atoms with E-state index >= 15 is 0 Å². The molecule has 0 saturated carbocycles. The molecule has 2 aromatic rings. The van der Waals surface area contributed by atoms with Crippen LogP contribution in [0.15, 0.2) is 54.6 Å². The molecule has 120 valence electrons. The topological polar surface area (TPSA) is 77.8 Å². The molecule has 0 radical (unpaired) electrons. The number of benzene rings is 2. The summed E-state index contributed by atoms with van der Waals surface area (Å²) in [5, 5.41) is 19.2.